The monoisotopic (exact) mass is 544 g/mol. The van der Waals surface area contributed by atoms with Crippen molar-refractivity contribution in [1.29, 1.82) is 0 Å². The first-order valence-corrected chi connectivity index (χ1v) is 15.4. The summed E-state index contributed by atoms with van der Waals surface area (Å²) in [7, 11) is 0. The fourth-order valence-electron chi connectivity index (χ4n) is 4.79. The van der Waals surface area contributed by atoms with Crippen molar-refractivity contribution in [3.8, 4) is 0 Å². The highest BCUT2D eigenvalue weighted by Crippen LogP contribution is 2.30. The van der Waals surface area contributed by atoms with Gasteiger partial charge in [-0.25, -0.2) is 0 Å². The van der Waals surface area contributed by atoms with Gasteiger partial charge in [-0.05, 0) is 12.8 Å². The van der Waals surface area contributed by atoms with Crippen molar-refractivity contribution in [1.82, 2.24) is 0 Å². The van der Waals surface area contributed by atoms with Gasteiger partial charge < -0.3 is 29.5 Å². The quantitative estimate of drug-likeness (QED) is 0.104. The molecule has 0 radical (unpaired) electrons. The Bertz CT molecular complexity index is 613. The van der Waals surface area contributed by atoms with E-state index in [-0.39, 0.29) is 19.4 Å². The molecule has 1 saturated heterocycles. The number of rotatable bonds is 24. The lowest BCUT2D eigenvalue weighted by Crippen LogP contribution is -2.47. The summed E-state index contributed by atoms with van der Waals surface area (Å²) in [6.07, 6.45) is 16.8. The van der Waals surface area contributed by atoms with E-state index in [4.69, 9.17) is 14.2 Å². The molecular weight excluding hydrogens is 488 g/mol. The van der Waals surface area contributed by atoms with Crippen LogP contribution in [0, 0.1) is 0 Å². The van der Waals surface area contributed by atoms with E-state index in [1.165, 1.54) is 77.0 Å². The molecule has 3 N–H and O–H groups in total. The standard InChI is InChI=1S/C30H56O8/c1-3-5-7-9-11-13-15-17-19-21-26(31)36-23-25-28(33)29(34)30(35,38-25)24-37-27(32)22-20-18-16-14-12-10-8-6-4-2/h25,28-29,33-35H,3-24H2,1-2H3/t25-,28-,29+,30+/m1/s1. The van der Waals surface area contributed by atoms with Gasteiger partial charge in [-0.1, -0.05) is 117 Å². The van der Waals surface area contributed by atoms with E-state index in [0.29, 0.717) is 6.42 Å². The molecule has 0 unspecified atom stereocenters. The number of carbonyl (C=O) groups is 2. The van der Waals surface area contributed by atoms with Crippen LogP contribution in [-0.4, -0.2) is 64.6 Å². The molecule has 1 aliphatic heterocycles. The highest BCUT2D eigenvalue weighted by Gasteiger charge is 2.54. The van der Waals surface area contributed by atoms with Gasteiger partial charge in [0, 0.05) is 12.8 Å². The van der Waals surface area contributed by atoms with Crippen LogP contribution in [0.2, 0.25) is 0 Å². The molecule has 0 spiro atoms. The van der Waals surface area contributed by atoms with E-state index in [2.05, 4.69) is 13.8 Å². The Kier molecular flexibility index (Phi) is 19.8. The maximum atomic E-state index is 12.1. The van der Waals surface area contributed by atoms with Gasteiger partial charge in [0.05, 0.1) is 0 Å². The molecule has 0 amide bonds. The second kappa shape index (κ2) is 21.6. The zero-order valence-corrected chi connectivity index (χ0v) is 24.2. The zero-order chi connectivity index (χ0) is 28.1. The van der Waals surface area contributed by atoms with E-state index in [1.807, 2.05) is 0 Å². The molecule has 8 nitrogen and oxygen atoms in total. The van der Waals surface area contributed by atoms with Crippen LogP contribution in [0.4, 0.5) is 0 Å². The fraction of sp³-hybridized carbons (Fsp3) is 0.933. The smallest absolute Gasteiger partial charge is 0.305 e. The van der Waals surface area contributed by atoms with Gasteiger partial charge in [0.25, 0.3) is 0 Å². The zero-order valence-electron chi connectivity index (χ0n) is 24.2. The molecule has 0 aromatic carbocycles. The molecule has 0 aromatic heterocycles. The molecule has 38 heavy (non-hydrogen) atoms. The lowest BCUT2D eigenvalue weighted by Gasteiger charge is -2.25. The van der Waals surface area contributed by atoms with Gasteiger partial charge in [-0.3, -0.25) is 9.59 Å². The average Bonchev–Trinajstić information content (AvgIpc) is 3.12. The van der Waals surface area contributed by atoms with Gasteiger partial charge in [0.2, 0.25) is 5.79 Å². The van der Waals surface area contributed by atoms with Crippen molar-refractivity contribution < 1.29 is 39.1 Å². The number of ether oxygens (including phenoxy) is 3. The predicted octanol–water partition coefficient (Wildman–Crippen LogP) is 5.72. The molecule has 1 heterocycles. The van der Waals surface area contributed by atoms with Crippen LogP contribution in [0.1, 0.15) is 142 Å². The van der Waals surface area contributed by atoms with Crippen LogP contribution in [0.25, 0.3) is 0 Å². The third-order valence-electron chi connectivity index (χ3n) is 7.34. The molecule has 0 saturated carbocycles. The van der Waals surface area contributed by atoms with Crippen molar-refractivity contribution in [3.05, 3.63) is 0 Å². The molecule has 1 fully saturated rings. The molecular formula is C30H56O8. The van der Waals surface area contributed by atoms with Crippen LogP contribution in [0.5, 0.6) is 0 Å². The summed E-state index contributed by atoms with van der Waals surface area (Å²) in [5.41, 5.74) is 0. The second-order valence-electron chi connectivity index (χ2n) is 10.9. The summed E-state index contributed by atoms with van der Waals surface area (Å²) in [6.45, 7) is 3.53. The van der Waals surface area contributed by atoms with Gasteiger partial charge in [-0.2, -0.15) is 0 Å². The highest BCUT2D eigenvalue weighted by atomic mass is 16.7. The third-order valence-corrected chi connectivity index (χ3v) is 7.34. The van der Waals surface area contributed by atoms with E-state index in [1.54, 1.807) is 0 Å². The van der Waals surface area contributed by atoms with E-state index < -0.39 is 42.6 Å². The average molecular weight is 545 g/mol. The van der Waals surface area contributed by atoms with Gasteiger partial charge >= 0.3 is 11.9 Å². The Morgan fingerprint density at radius 3 is 1.50 bits per heavy atom. The first-order chi connectivity index (χ1) is 18.3. The summed E-state index contributed by atoms with van der Waals surface area (Å²) < 4.78 is 15.7. The normalized spacial score (nSPS) is 23.0. The first kappa shape index (κ1) is 34.8. The number of aliphatic hydroxyl groups excluding tert-OH is 2. The van der Waals surface area contributed by atoms with E-state index in [0.717, 1.165) is 32.1 Å². The summed E-state index contributed by atoms with van der Waals surface area (Å²) in [5.74, 6) is -3.12. The number of hydrogen-bond acceptors (Lipinski definition) is 8. The van der Waals surface area contributed by atoms with Crippen LogP contribution in [0.3, 0.4) is 0 Å². The van der Waals surface area contributed by atoms with Crippen LogP contribution < -0.4 is 0 Å². The SMILES string of the molecule is CCCCCCCCCCCC(=O)OC[C@H]1O[C@@](O)(COC(=O)CCCCCCCCCCC)[C@@H](O)[C@@H]1O. The second-order valence-corrected chi connectivity index (χ2v) is 10.9. The maximum Gasteiger partial charge on any atom is 0.305 e. The maximum absolute atomic E-state index is 12.1. The molecule has 1 rings (SSSR count). The lowest BCUT2D eigenvalue weighted by molar-refractivity contribution is -0.253. The van der Waals surface area contributed by atoms with Crippen LogP contribution in [0.15, 0.2) is 0 Å². The Morgan fingerprint density at radius 1 is 0.658 bits per heavy atom. The van der Waals surface area contributed by atoms with E-state index >= 15 is 0 Å². The Labute approximate surface area is 230 Å². The molecule has 0 aromatic rings. The number of hydrogen-bond donors (Lipinski definition) is 3. The lowest BCUT2D eigenvalue weighted by atomic mass is 10.1. The summed E-state index contributed by atoms with van der Waals surface area (Å²) in [5, 5.41) is 31.1. The first-order valence-electron chi connectivity index (χ1n) is 15.4. The summed E-state index contributed by atoms with van der Waals surface area (Å²) in [6, 6.07) is 0. The Morgan fingerprint density at radius 2 is 1.05 bits per heavy atom. The third kappa shape index (κ3) is 15.4. The molecule has 1 aliphatic rings. The number of aliphatic hydroxyl groups is 3. The summed E-state index contributed by atoms with van der Waals surface area (Å²) >= 11 is 0. The predicted molar refractivity (Wildman–Crippen MR) is 147 cm³/mol. The van der Waals surface area contributed by atoms with Crippen molar-refractivity contribution >= 4 is 11.9 Å². The van der Waals surface area contributed by atoms with Gasteiger partial charge in [0.15, 0.2) is 0 Å². The Hall–Kier alpha value is -1.22. The summed E-state index contributed by atoms with van der Waals surface area (Å²) in [4.78, 5) is 24.1. The van der Waals surface area contributed by atoms with Crippen LogP contribution >= 0.6 is 0 Å². The van der Waals surface area contributed by atoms with E-state index in [9.17, 15) is 24.9 Å². The largest absolute Gasteiger partial charge is 0.463 e. The molecule has 4 atom stereocenters. The molecule has 0 aliphatic carbocycles. The number of unbranched alkanes of at least 4 members (excludes halogenated alkanes) is 16. The number of esters is 2. The number of carbonyl (C=O) groups excluding carboxylic acids is 2. The van der Waals surface area contributed by atoms with Crippen molar-refractivity contribution in [2.24, 2.45) is 0 Å². The molecule has 224 valence electrons. The van der Waals surface area contributed by atoms with Crippen molar-refractivity contribution in [2.45, 2.75) is 166 Å². The van der Waals surface area contributed by atoms with Crippen molar-refractivity contribution in [3.63, 3.8) is 0 Å². The Balaban J connectivity index is 2.16. The fourth-order valence-corrected chi connectivity index (χ4v) is 4.79. The van der Waals surface area contributed by atoms with Gasteiger partial charge in [0.1, 0.15) is 31.5 Å². The van der Waals surface area contributed by atoms with Crippen molar-refractivity contribution in [2.75, 3.05) is 13.2 Å². The van der Waals surface area contributed by atoms with Crippen LogP contribution in [-0.2, 0) is 23.8 Å². The minimum atomic E-state index is -2.23. The minimum Gasteiger partial charge on any atom is -0.463 e. The minimum absolute atomic E-state index is 0.227. The molecule has 8 heteroatoms. The molecule has 0 bridgehead atoms. The van der Waals surface area contributed by atoms with Gasteiger partial charge in [-0.15, -0.1) is 0 Å². The highest BCUT2D eigenvalue weighted by molar-refractivity contribution is 5.69. The topological polar surface area (TPSA) is 123 Å².